The zero-order valence-electron chi connectivity index (χ0n) is 18.7. The molecule has 0 fully saturated rings. The minimum absolute atomic E-state index is 0. The molecule has 158 valence electrons. The average Bonchev–Trinajstić information content (AvgIpc) is 2.78. The monoisotopic (exact) mass is 498 g/mol. The summed E-state index contributed by atoms with van der Waals surface area (Å²) in [5.74, 6) is 0. The van der Waals surface area contributed by atoms with Crippen LogP contribution >= 0.6 is 7.92 Å². The van der Waals surface area contributed by atoms with Crippen molar-refractivity contribution in [3.8, 4) is 0 Å². The van der Waals surface area contributed by atoms with Crippen molar-refractivity contribution in [2.45, 2.75) is 33.9 Å². The average molecular weight is 499 g/mol. The van der Waals surface area contributed by atoms with Crippen molar-refractivity contribution in [3.63, 3.8) is 0 Å². The van der Waals surface area contributed by atoms with Gasteiger partial charge in [-0.25, -0.2) is 0 Å². The van der Waals surface area contributed by atoms with E-state index in [1.807, 2.05) is 0 Å². The van der Waals surface area contributed by atoms with Crippen LogP contribution in [0.4, 0.5) is 0 Å². The zero-order chi connectivity index (χ0) is 16.4. The summed E-state index contributed by atoms with van der Waals surface area (Å²) in [4.78, 5) is 0. The molecule has 0 N–H and O–H groups in total. The van der Waals surface area contributed by atoms with E-state index in [1.165, 1.54) is 32.9 Å². The normalized spacial score (nSPS) is 8.86. The summed E-state index contributed by atoms with van der Waals surface area (Å²) >= 11 is 0. The largest absolute Gasteiger partial charge is 3.00 e. The maximum Gasteiger partial charge on any atom is 3.00 e. The third-order valence-electron chi connectivity index (χ3n) is 5.04. The van der Waals surface area contributed by atoms with Gasteiger partial charge in [-0.3, -0.25) is 0 Å². The molecule has 0 bridgehead atoms. The number of hydrogen-bond acceptors (Lipinski definition) is 0. The quantitative estimate of drug-likeness (QED) is 0.246. The molecule has 0 saturated heterocycles. The van der Waals surface area contributed by atoms with Gasteiger partial charge in [0, 0.05) is 0 Å². The van der Waals surface area contributed by atoms with Crippen molar-refractivity contribution in [2.75, 3.05) is 0 Å². The van der Waals surface area contributed by atoms with Crippen LogP contribution in [0.15, 0.2) is 60.7 Å². The predicted molar refractivity (Wildman–Crippen MR) is 127 cm³/mol. The zero-order valence-corrected chi connectivity index (χ0v) is 24.7. The van der Waals surface area contributed by atoms with E-state index in [1.54, 1.807) is 5.56 Å². The molecule has 0 nitrogen and oxygen atoms in total. The van der Waals surface area contributed by atoms with Crippen molar-refractivity contribution < 1.29 is 46.5 Å². The standard InChI is InChI=1S/C22H24P.2CH3.2ClH.H3Si.Ti/c1-16-17(2)19(4)22(18(16)3)15-23(20-11-7-5-8-12-20)21-13-9-6-10-14-21;;;;;;/h5-14H,15H2,1-4H3;2*1H3;2*1H;1H3;/q3*-1;;;;+3/p-2. The maximum atomic E-state index is 2.29. The summed E-state index contributed by atoms with van der Waals surface area (Å²) in [5, 5.41) is 2.92. The minimum atomic E-state index is -0.359. The molecule has 3 aromatic rings. The van der Waals surface area contributed by atoms with E-state index in [9.17, 15) is 0 Å². The van der Waals surface area contributed by atoms with Crippen LogP contribution in [0, 0.1) is 42.5 Å². The molecule has 29 heavy (non-hydrogen) atoms. The molecule has 3 aromatic carbocycles. The van der Waals surface area contributed by atoms with Crippen molar-refractivity contribution in [1.29, 1.82) is 0 Å². The fraction of sp³-hybridized carbons (Fsp3) is 0.208. The fourth-order valence-electron chi connectivity index (χ4n) is 3.24. The van der Waals surface area contributed by atoms with Gasteiger partial charge in [-0.15, -0.1) is 5.56 Å². The van der Waals surface area contributed by atoms with Crippen LogP contribution in [0.5, 0.6) is 0 Å². The van der Waals surface area contributed by atoms with Crippen LogP contribution in [-0.2, 0) is 27.9 Å². The fourth-order valence-corrected chi connectivity index (χ4v) is 5.76. The van der Waals surface area contributed by atoms with Crippen LogP contribution in [0.25, 0.3) is 0 Å². The molecule has 0 aliphatic carbocycles. The summed E-state index contributed by atoms with van der Waals surface area (Å²) in [7, 11) is -0.359. The predicted octanol–water partition coefficient (Wildman–Crippen LogP) is -1.01. The first-order valence-electron chi connectivity index (χ1n) is 8.19. The number of halogens is 2. The van der Waals surface area contributed by atoms with Gasteiger partial charge >= 0.3 is 21.7 Å². The van der Waals surface area contributed by atoms with Crippen molar-refractivity contribution in [2.24, 2.45) is 0 Å². The van der Waals surface area contributed by atoms with Crippen LogP contribution in [0.3, 0.4) is 0 Å². The molecule has 2 radical (unpaired) electrons. The van der Waals surface area contributed by atoms with Gasteiger partial charge in [-0.2, -0.15) is 22.3 Å². The van der Waals surface area contributed by atoms with E-state index >= 15 is 0 Å². The molecule has 0 unspecified atom stereocenters. The van der Waals surface area contributed by atoms with E-state index in [4.69, 9.17) is 0 Å². The van der Waals surface area contributed by atoms with Crippen LogP contribution < -0.4 is 35.4 Å². The van der Waals surface area contributed by atoms with Gasteiger partial charge in [0.05, 0.1) is 0 Å². The molecule has 0 aliphatic rings. The third kappa shape index (κ3) is 8.06. The van der Waals surface area contributed by atoms with Crippen LogP contribution in [-0.4, -0.2) is 11.0 Å². The van der Waals surface area contributed by atoms with Crippen molar-refractivity contribution in [1.82, 2.24) is 0 Å². The summed E-state index contributed by atoms with van der Waals surface area (Å²) in [6.07, 6.45) is 1.13. The van der Waals surface area contributed by atoms with Gasteiger partial charge in [0.25, 0.3) is 0 Å². The van der Waals surface area contributed by atoms with Crippen molar-refractivity contribution in [3.05, 3.63) is 103 Å². The summed E-state index contributed by atoms with van der Waals surface area (Å²) in [6.45, 7) is 9.09. The first-order chi connectivity index (χ1) is 11.1. The molecule has 5 heteroatoms. The van der Waals surface area contributed by atoms with Gasteiger partial charge in [0.15, 0.2) is 0 Å². The summed E-state index contributed by atoms with van der Waals surface area (Å²) < 4.78 is 0. The smallest absolute Gasteiger partial charge is 1.00 e. The Morgan fingerprint density at radius 1 is 0.655 bits per heavy atom. The van der Waals surface area contributed by atoms with E-state index in [-0.39, 0.29) is 80.3 Å². The molecule has 0 heterocycles. The second kappa shape index (κ2) is 16.4. The summed E-state index contributed by atoms with van der Waals surface area (Å²) in [5.41, 5.74) is 7.46. The van der Waals surface area contributed by atoms with Gasteiger partial charge in [0.2, 0.25) is 0 Å². The molecule has 0 amide bonds. The van der Waals surface area contributed by atoms with E-state index in [0.29, 0.717) is 0 Å². The Labute approximate surface area is 212 Å². The van der Waals surface area contributed by atoms with Gasteiger partial charge in [0.1, 0.15) is 0 Å². The SMILES string of the molecule is Cc1c(C)c(C)[c-](CP(c2ccccc2)c2ccccc2)c1C.[CH3-].[CH3-].[Cl-].[Cl-].[SiH3].[Ti+3]. The Morgan fingerprint density at radius 3 is 1.28 bits per heavy atom. The molecular weight excluding hydrogens is 466 g/mol. The molecule has 0 atom stereocenters. The number of rotatable bonds is 4. The Bertz CT molecular complexity index is 740. The first-order valence-corrected chi connectivity index (χ1v) is 9.72. The Balaban J connectivity index is -0.000000521. The third-order valence-corrected chi connectivity index (χ3v) is 7.52. The molecule has 0 aromatic heterocycles. The van der Waals surface area contributed by atoms with E-state index in [0.717, 1.165) is 6.16 Å². The molecule has 0 saturated carbocycles. The maximum absolute atomic E-state index is 2.29. The van der Waals surface area contributed by atoms with E-state index in [2.05, 4.69) is 88.4 Å². The molecule has 0 aliphatic heterocycles. The minimum Gasteiger partial charge on any atom is -1.00 e. The number of hydrogen-bond donors (Lipinski definition) is 0. The first kappa shape index (κ1) is 36.1. The second-order valence-electron chi connectivity index (χ2n) is 6.24. The molecular formula is C24H33Cl2PSiTi-2. The molecule has 3 rings (SSSR count). The Kier molecular flexibility index (Phi) is 20.5. The van der Waals surface area contributed by atoms with Crippen molar-refractivity contribution >= 4 is 29.5 Å². The van der Waals surface area contributed by atoms with Crippen LogP contribution in [0.1, 0.15) is 27.8 Å². The van der Waals surface area contributed by atoms with Crippen LogP contribution in [0.2, 0.25) is 0 Å². The Morgan fingerprint density at radius 2 is 0.966 bits per heavy atom. The van der Waals surface area contributed by atoms with E-state index < -0.39 is 0 Å². The number of benzene rings is 2. The second-order valence-corrected chi connectivity index (χ2v) is 8.44. The topological polar surface area (TPSA) is 0 Å². The summed E-state index contributed by atoms with van der Waals surface area (Å²) in [6, 6.07) is 22.0. The van der Waals surface area contributed by atoms with Gasteiger partial charge in [-0.1, -0.05) is 96.3 Å². The van der Waals surface area contributed by atoms with Gasteiger partial charge in [-0.05, 0) is 27.7 Å². The molecule has 0 spiro atoms. The Hall–Kier alpha value is -0.269. The van der Waals surface area contributed by atoms with Gasteiger partial charge < -0.3 is 39.7 Å².